The van der Waals surface area contributed by atoms with Crippen molar-refractivity contribution < 1.29 is 4.42 Å². The molecule has 1 atom stereocenters. The fourth-order valence-electron chi connectivity index (χ4n) is 2.21. The normalized spacial score (nSPS) is 12.9. The van der Waals surface area contributed by atoms with Crippen molar-refractivity contribution in [2.24, 2.45) is 0 Å². The van der Waals surface area contributed by atoms with Crippen molar-refractivity contribution in [1.82, 2.24) is 5.32 Å². The van der Waals surface area contributed by atoms with Crippen LogP contribution in [-0.2, 0) is 6.42 Å². The Labute approximate surface area is 124 Å². The summed E-state index contributed by atoms with van der Waals surface area (Å²) in [4.78, 5) is 0. The van der Waals surface area contributed by atoms with Gasteiger partial charge in [-0.25, -0.2) is 0 Å². The third kappa shape index (κ3) is 2.61. The minimum Gasteiger partial charge on any atom is -0.458 e. The van der Waals surface area contributed by atoms with Crippen LogP contribution in [0, 0.1) is 0 Å². The summed E-state index contributed by atoms with van der Waals surface area (Å²) in [6.45, 7) is 0. The number of rotatable bonds is 4. The van der Waals surface area contributed by atoms with Crippen LogP contribution in [0.2, 0.25) is 0 Å². The van der Waals surface area contributed by atoms with Crippen LogP contribution in [-0.4, -0.2) is 7.05 Å². The van der Waals surface area contributed by atoms with Crippen LogP contribution in [0.3, 0.4) is 0 Å². The summed E-state index contributed by atoms with van der Waals surface area (Å²) >= 11 is 5.26. The van der Waals surface area contributed by atoms with Gasteiger partial charge < -0.3 is 9.73 Å². The quantitative estimate of drug-likeness (QED) is 0.743. The van der Waals surface area contributed by atoms with Crippen LogP contribution < -0.4 is 5.32 Å². The molecule has 0 saturated heterocycles. The monoisotopic (exact) mass is 335 g/mol. The topological polar surface area (TPSA) is 25.2 Å². The predicted octanol–water partition coefficient (Wildman–Crippen LogP) is 4.76. The van der Waals surface area contributed by atoms with Gasteiger partial charge in [-0.3, -0.25) is 0 Å². The van der Waals surface area contributed by atoms with E-state index in [0.717, 1.165) is 27.6 Å². The van der Waals surface area contributed by atoms with Gasteiger partial charge in [-0.15, -0.1) is 0 Å². The number of thiophene rings is 1. The molecule has 2 heterocycles. The van der Waals surface area contributed by atoms with Gasteiger partial charge in [0.25, 0.3) is 0 Å². The molecule has 4 heteroatoms. The number of fused-ring (bicyclic) bond motifs is 1. The molecule has 1 unspecified atom stereocenters. The number of benzene rings is 1. The highest BCUT2D eigenvalue weighted by Gasteiger charge is 2.16. The molecule has 0 aliphatic carbocycles. The zero-order valence-corrected chi connectivity index (χ0v) is 12.9. The fraction of sp³-hybridized carbons (Fsp3) is 0.200. The number of hydrogen-bond acceptors (Lipinski definition) is 3. The summed E-state index contributed by atoms with van der Waals surface area (Å²) in [5.41, 5.74) is 2.26. The number of furan rings is 1. The molecule has 0 amide bonds. The molecule has 3 aromatic rings. The van der Waals surface area contributed by atoms with Crippen molar-refractivity contribution in [2.75, 3.05) is 7.05 Å². The van der Waals surface area contributed by atoms with Gasteiger partial charge in [0.1, 0.15) is 11.3 Å². The number of hydrogen-bond donors (Lipinski definition) is 1. The van der Waals surface area contributed by atoms with E-state index in [1.807, 2.05) is 19.2 Å². The van der Waals surface area contributed by atoms with E-state index in [9.17, 15) is 0 Å². The first-order valence-electron chi connectivity index (χ1n) is 6.14. The number of halogens is 1. The van der Waals surface area contributed by atoms with E-state index in [2.05, 4.69) is 50.2 Å². The van der Waals surface area contributed by atoms with Crippen molar-refractivity contribution in [3.8, 4) is 0 Å². The van der Waals surface area contributed by atoms with E-state index in [4.69, 9.17) is 4.42 Å². The maximum Gasteiger partial charge on any atom is 0.148 e. The molecule has 2 nitrogen and oxygen atoms in total. The Morgan fingerprint density at radius 3 is 2.95 bits per heavy atom. The van der Waals surface area contributed by atoms with E-state index >= 15 is 0 Å². The molecule has 0 fully saturated rings. The molecule has 3 rings (SSSR count). The largest absolute Gasteiger partial charge is 0.458 e. The summed E-state index contributed by atoms with van der Waals surface area (Å²) < 4.78 is 7.00. The third-order valence-electron chi connectivity index (χ3n) is 3.23. The SMILES string of the molecule is CNC(Cc1ccsc1)c1cc2cccc(Br)c2o1. The van der Waals surface area contributed by atoms with Gasteiger partial charge in [0.15, 0.2) is 0 Å². The fourth-order valence-corrected chi connectivity index (χ4v) is 3.35. The molecule has 1 N–H and O–H groups in total. The second kappa shape index (κ2) is 5.49. The molecule has 98 valence electrons. The van der Waals surface area contributed by atoms with E-state index < -0.39 is 0 Å². The Bertz CT molecular complexity index is 675. The average Bonchev–Trinajstić information content (AvgIpc) is 3.05. The van der Waals surface area contributed by atoms with Gasteiger partial charge in [0.2, 0.25) is 0 Å². The van der Waals surface area contributed by atoms with Gasteiger partial charge in [-0.2, -0.15) is 11.3 Å². The van der Waals surface area contributed by atoms with Gasteiger partial charge in [0, 0.05) is 5.39 Å². The van der Waals surface area contributed by atoms with Crippen LogP contribution in [0.5, 0.6) is 0 Å². The van der Waals surface area contributed by atoms with Gasteiger partial charge >= 0.3 is 0 Å². The molecule has 0 aliphatic heterocycles. The predicted molar refractivity (Wildman–Crippen MR) is 83.7 cm³/mol. The highest BCUT2D eigenvalue weighted by Crippen LogP contribution is 2.30. The lowest BCUT2D eigenvalue weighted by Gasteiger charge is -2.12. The van der Waals surface area contributed by atoms with Crippen molar-refractivity contribution in [3.63, 3.8) is 0 Å². The molecular weight excluding hydrogens is 322 g/mol. The Morgan fingerprint density at radius 2 is 2.26 bits per heavy atom. The molecule has 1 aromatic carbocycles. The Balaban J connectivity index is 1.95. The molecular formula is C15H14BrNOS. The van der Waals surface area contributed by atoms with E-state index in [1.165, 1.54) is 5.56 Å². The third-order valence-corrected chi connectivity index (χ3v) is 4.58. The van der Waals surface area contributed by atoms with E-state index in [-0.39, 0.29) is 6.04 Å². The Hall–Kier alpha value is -1.10. The summed E-state index contributed by atoms with van der Waals surface area (Å²) in [6.07, 6.45) is 0.942. The lowest BCUT2D eigenvalue weighted by molar-refractivity contribution is 0.450. The summed E-state index contributed by atoms with van der Waals surface area (Å²) in [5, 5.41) is 8.76. The zero-order chi connectivity index (χ0) is 13.2. The van der Waals surface area contributed by atoms with E-state index in [1.54, 1.807) is 11.3 Å². The average molecular weight is 336 g/mol. The van der Waals surface area contributed by atoms with Crippen LogP contribution >= 0.6 is 27.3 Å². The van der Waals surface area contributed by atoms with Gasteiger partial charge in [-0.05, 0) is 63.9 Å². The standard InChI is InChI=1S/C15H14BrNOS/c1-17-13(7-10-5-6-19-9-10)14-8-11-3-2-4-12(16)15(11)18-14/h2-6,8-9,13,17H,7H2,1H3. The lowest BCUT2D eigenvalue weighted by Crippen LogP contribution is -2.17. The number of likely N-dealkylation sites (N-methyl/N-ethyl adjacent to an activating group) is 1. The second-order valence-electron chi connectivity index (χ2n) is 4.48. The molecule has 0 radical (unpaired) electrons. The Kier molecular flexibility index (Phi) is 3.73. The smallest absolute Gasteiger partial charge is 0.148 e. The molecule has 19 heavy (non-hydrogen) atoms. The Morgan fingerprint density at radius 1 is 1.37 bits per heavy atom. The minimum absolute atomic E-state index is 0.203. The van der Waals surface area contributed by atoms with Crippen LogP contribution in [0.15, 0.2) is 50.0 Å². The van der Waals surface area contributed by atoms with Crippen molar-refractivity contribution >= 4 is 38.2 Å². The molecule has 0 bridgehead atoms. The molecule has 0 saturated carbocycles. The van der Waals surface area contributed by atoms with Gasteiger partial charge in [-0.1, -0.05) is 12.1 Å². The summed E-state index contributed by atoms with van der Waals surface area (Å²) in [7, 11) is 1.97. The van der Waals surface area contributed by atoms with Crippen molar-refractivity contribution in [2.45, 2.75) is 12.5 Å². The second-order valence-corrected chi connectivity index (χ2v) is 6.12. The molecule has 0 spiro atoms. The highest BCUT2D eigenvalue weighted by atomic mass is 79.9. The van der Waals surface area contributed by atoms with Crippen LogP contribution in [0.4, 0.5) is 0 Å². The first-order chi connectivity index (χ1) is 9.28. The molecule has 2 aromatic heterocycles. The highest BCUT2D eigenvalue weighted by molar-refractivity contribution is 9.10. The van der Waals surface area contributed by atoms with Gasteiger partial charge in [0.05, 0.1) is 10.5 Å². The van der Waals surface area contributed by atoms with Crippen LogP contribution in [0.1, 0.15) is 17.4 Å². The number of para-hydroxylation sites is 1. The summed E-state index contributed by atoms with van der Waals surface area (Å²) in [6, 6.07) is 10.6. The first kappa shape index (κ1) is 12.9. The number of nitrogens with one attached hydrogen (secondary N) is 1. The summed E-state index contributed by atoms with van der Waals surface area (Å²) in [5.74, 6) is 0.982. The van der Waals surface area contributed by atoms with Crippen molar-refractivity contribution in [1.29, 1.82) is 0 Å². The maximum atomic E-state index is 5.99. The van der Waals surface area contributed by atoms with E-state index in [0.29, 0.717) is 0 Å². The zero-order valence-electron chi connectivity index (χ0n) is 10.5. The van der Waals surface area contributed by atoms with Crippen molar-refractivity contribution in [3.05, 3.63) is 56.9 Å². The lowest BCUT2D eigenvalue weighted by atomic mass is 10.1. The molecule has 0 aliphatic rings. The minimum atomic E-state index is 0.203. The first-order valence-corrected chi connectivity index (χ1v) is 7.88. The van der Waals surface area contributed by atoms with Crippen LogP contribution in [0.25, 0.3) is 11.0 Å². The maximum absolute atomic E-state index is 5.99.